The first kappa shape index (κ1) is 13.7. The van der Waals surface area contributed by atoms with Gasteiger partial charge in [-0.15, -0.1) is 0 Å². The van der Waals surface area contributed by atoms with Gasteiger partial charge in [-0.25, -0.2) is 4.39 Å². The van der Waals surface area contributed by atoms with Gasteiger partial charge in [0.2, 0.25) is 0 Å². The fraction of sp³-hybridized carbons (Fsp3) is 0.385. The number of nitrogens with two attached hydrogens (primary N) is 1. The van der Waals surface area contributed by atoms with Gasteiger partial charge < -0.3 is 15.4 Å². The molecule has 1 saturated heterocycles. The van der Waals surface area contributed by atoms with Crippen LogP contribution in [0.5, 0.6) is 5.75 Å². The maximum atomic E-state index is 13.9. The molecule has 1 unspecified atom stereocenters. The van der Waals surface area contributed by atoms with Crippen molar-refractivity contribution in [3.63, 3.8) is 0 Å². The number of likely N-dealkylation sites (tertiary alicyclic amines) is 1. The molecule has 2 rings (SSSR count). The number of rotatable bonds is 3. The van der Waals surface area contributed by atoms with Gasteiger partial charge in [0, 0.05) is 12.6 Å². The van der Waals surface area contributed by atoms with Crippen LogP contribution in [0.15, 0.2) is 18.2 Å². The number of thiocarbonyl (C=S) groups is 1. The topological polar surface area (TPSA) is 55.6 Å². The summed E-state index contributed by atoms with van der Waals surface area (Å²) in [5, 5.41) is 0. The van der Waals surface area contributed by atoms with E-state index in [2.05, 4.69) is 0 Å². The second-order valence-corrected chi connectivity index (χ2v) is 4.88. The Bertz CT molecular complexity index is 521. The molecule has 4 nitrogen and oxygen atoms in total. The lowest BCUT2D eigenvalue weighted by molar-refractivity contribution is 0.0765. The lowest BCUT2D eigenvalue weighted by Gasteiger charge is -2.24. The summed E-state index contributed by atoms with van der Waals surface area (Å²) in [5.74, 6) is -0.602. The zero-order chi connectivity index (χ0) is 14.0. The maximum absolute atomic E-state index is 13.9. The van der Waals surface area contributed by atoms with Crippen molar-refractivity contribution in [2.45, 2.75) is 18.9 Å². The van der Waals surface area contributed by atoms with Crippen molar-refractivity contribution in [3.8, 4) is 5.75 Å². The zero-order valence-corrected chi connectivity index (χ0v) is 11.4. The van der Waals surface area contributed by atoms with Gasteiger partial charge in [-0.3, -0.25) is 4.79 Å². The van der Waals surface area contributed by atoms with Crippen LogP contribution in [0.3, 0.4) is 0 Å². The van der Waals surface area contributed by atoms with Crippen molar-refractivity contribution >= 4 is 23.1 Å². The maximum Gasteiger partial charge on any atom is 0.257 e. The minimum Gasteiger partial charge on any atom is -0.497 e. The van der Waals surface area contributed by atoms with Gasteiger partial charge in [-0.05, 0) is 25.0 Å². The molecule has 1 atom stereocenters. The smallest absolute Gasteiger partial charge is 0.257 e. The summed E-state index contributed by atoms with van der Waals surface area (Å²) in [6, 6.07) is 3.90. The molecular formula is C13H15FN2O2S. The summed E-state index contributed by atoms with van der Waals surface area (Å²) < 4.78 is 18.8. The Balaban J connectivity index is 2.26. The summed E-state index contributed by atoms with van der Waals surface area (Å²) in [7, 11) is 1.44. The highest BCUT2D eigenvalue weighted by atomic mass is 32.1. The zero-order valence-electron chi connectivity index (χ0n) is 10.6. The number of benzene rings is 1. The molecule has 1 aromatic carbocycles. The Morgan fingerprint density at radius 2 is 2.32 bits per heavy atom. The van der Waals surface area contributed by atoms with E-state index in [1.54, 1.807) is 6.07 Å². The molecule has 0 radical (unpaired) electrons. The number of hydrogen-bond acceptors (Lipinski definition) is 3. The highest BCUT2D eigenvalue weighted by Crippen LogP contribution is 2.23. The van der Waals surface area contributed by atoms with E-state index >= 15 is 0 Å². The van der Waals surface area contributed by atoms with E-state index in [4.69, 9.17) is 22.7 Å². The molecule has 0 aliphatic carbocycles. The van der Waals surface area contributed by atoms with Crippen LogP contribution in [-0.4, -0.2) is 35.5 Å². The first-order chi connectivity index (χ1) is 9.04. The monoisotopic (exact) mass is 282 g/mol. The standard InChI is InChI=1S/C13H15FN2O2S/c1-18-8-4-5-9(10(14)7-8)13(17)16-6-2-3-11(16)12(15)19/h4-5,7,11H,2-3,6H2,1H3,(H2,15,19). The van der Waals surface area contributed by atoms with E-state index < -0.39 is 5.82 Å². The highest BCUT2D eigenvalue weighted by molar-refractivity contribution is 7.80. The van der Waals surface area contributed by atoms with Gasteiger partial charge >= 0.3 is 0 Å². The highest BCUT2D eigenvalue weighted by Gasteiger charge is 2.32. The molecule has 6 heteroatoms. The number of amides is 1. The van der Waals surface area contributed by atoms with Crippen LogP contribution in [0.25, 0.3) is 0 Å². The van der Waals surface area contributed by atoms with E-state index in [0.717, 1.165) is 12.8 Å². The van der Waals surface area contributed by atoms with E-state index in [1.807, 2.05) is 0 Å². The minimum atomic E-state index is -0.599. The molecule has 1 aromatic rings. The van der Waals surface area contributed by atoms with Gasteiger partial charge in [0.05, 0.1) is 23.7 Å². The van der Waals surface area contributed by atoms with Crippen molar-refractivity contribution in [1.29, 1.82) is 0 Å². The predicted octanol–water partition coefficient (Wildman–Crippen LogP) is 1.73. The first-order valence-electron chi connectivity index (χ1n) is 5.98. The number of methoxy groups -OCH3 is 1. The number of hydrogen-bond donors (Lipinski definition) is 1. The van der Waals surface area contributed by atoms with Crippen molar-refractivity contribution in [3.05, 3.63) is 29.6 Å². The molecule has 1 aliphatic rings. The average Bonchev–Trinajstić information content (AvgIpc) is 2.87. The summed E-state index contributed by atoms with van der Waals surface area (Å²) in [4.78, 5) is 14.1. The van der Waals surface area contributed by atoms with Crippen molar-refractivity contribution in [2.24, 2.45) is 5.73 Å². The van der Waals surface area contributed by atoms with Crippen LogP contribution >= 0.6 is 12.2 Å². The number of carbonyl (C=O) groups is 1. The van der Waals surface area contributed by atoms with E-state index in [-0.39, 0.29) is 22.5 Å². The average molecular weight is 282 g/mol. The minimum absolute atomic E-state index is 0.0175. The molecule has 1 aliphatic heterocycles. The summed E-state index contributed by atoms with van der Waals surface area (Å²) in [6.45, 7) is 0.548. The third-order valence-electron chi connectivity index (χ3n) is 3.25. The molecule has 0 saturated carbocycles. The number of ether oxygens (including phenoxy) is 1. The molecule has 0 aromatic heterocycles. The van der Waals surface area contributed by atoms with Crippen LogP contribution in [0.2, 0.25) is 0 Å². The third-order valence-corrected chi connectivity index (χ3v) is 3.52. The first-order valence-corrected chi connectivity index (χ1v) is 6.39. The lowest BCUT2D eigenvalue weighted by atomic mass is 10.1. The second kappa shape index (κ2) is 5.52. The number of halogens is 1. The Kier molecular flexibility index (Phi) is 3.99. The van der Waals surface area contributed by atoms with Gasteiger partial charge in [0.25, 0.3) is 5.91 Å². The van der Waals surface area contributed by atoms with Crippen LogP contribution in [0, 0.1) is 5.82 Å². The Labute approximate surface area is 116 Å². The molecule has 0 bridgehead atoms. The van der Waals surface area contributed by atoms with Gasteiger partial charge in [-0.2, -0.15) is 0 Å². The summed E-state index contributed by atoms with van der Waals surface area (Å²) in [5.41, 5.74) is 5.63. The normalized spacial score (nSPS) is 18.4. The summed E-state index contributed by atoms with van der Waals surface area (Å²) >= 11 is 4.94. The predicted molar refractivity (Wildman–Crippen MR) is 73.8 cm³/mol. The van der Waals surface area contributed by atoms with Crippen molar-refractivity contribution in [1.82, 2.24) is 4.90 Å². The molecular weight excluding hydrogens is 267 g/mol. The largest absolute Gasteiger partial charge is 0.497 e. The van der Waals surface area contributed by atoms with E-state index in [1.165, 1.54) is 24.1 Å². The van der Waals surface area contributed by atoms with Crippen LogP contribution in [0.1, 0.15) is 23.2 Å². The molecule has 19 heavy (non-hydrogen) atoms. The number of carbonyl (C=O) groups excluding carboxylic acids is 1. The molecule has 1 amide bonds. The molecule has 102 valence electrons. The summed E-state index contributed by atoms with van der Waals surface area (Å²) in [6.07, 6.45) is 1.56. The molecule has 0 spiro atoms. The van der Waals surface area contributed by atoms with Crippen molar-refractivity contribution in [2.75, 3.05) is 13.7 Å². The fourth-order valence-electron chi connectivity index (χ4n) is 2.26. The van der Waals surface area contributed by atoms with E-state index in [0.29, 0.717) is 12.3 Å². The second-order valence-electron chi connectivity index (χ2n) is 4.40. The third kappa shape index (κ3) is 2.68. The Morgan fingerprint density at radius 1 is 1.58 bits per heavy atom. The van der Waals surface area contributed by atoms with E-state index in [9.17, 15) is 9.18 Å². The Morgan fingerprint density at radius 3 is 2.89 bits per heavy atom. The Hall–Kier alpha value is -1.69. The number of nitrogens with zero attached hydrogens (tertiary/aromatic N) is 1. The SMILES string of the molecule is COc1ccc(C(=O)N2CCCC2C(N)=S)c(F)c1. The molecule has 1 heterocycles. The van der Waals surface area contributed by atoms with Gasteiger partial charge in [-0.1, -0.05) is 12.2 Å². The van der Waals surface area contributed by atoms with Crippen LogP contribution < -0.4 is 10.5 Å². The molecule has 2 N–H and O–H groups in total. The lowest BCUT2D eigenvalue weighted by Crippen LogP contribution is -2.43. The van der Waals surface area contributed by atoms with Gasteiger partial charge in [0.15, 0.2) is 0 Å². The molecule has 1 fully saturated rings. The fourth-order valence-corrected chi connectivity index (χ4v) is 2.50. The quantitative estimate of drug-likeness (QED) is 0.858. The van der Waals surface area contributed by atoms with Crippen molar-refractivity contribution < 1.29 is 13.9 Å². The van der Waals surface area contributed by atoms with Crippen LogP contribution in [0.4, 0.5) is 4.39 Å². The van der Waals surface area contributed by atoms with Gasteiger partial charge in [0.1, 0.15) is 11.6 Å². The van der Waals surface area contributed by atoms with Crippen LogP contribution in [-0.2, 0) is 0 Å².